The zero-order chi connectivity index (χ0) is 40.4. The third-order valence-corrected chi connectivity index (χ3v) is 2.24. The molecule has 1 atom stereocenters. The smallest absolute Gasteiger partial charge is 0.326 e. The quantitative estimate of drug-likeness (QED) is 0.832. The van der Waals surface area contributed by atoms with Gasteiger partial charge in [0, 0.05) is 38.3 Å². The van der Waals surface area contributed by atoms with Crippen LogP contribution in [0.15, 0.2) is 30.2 Å². The van der Waals surface area contributed by atoms with Gasteiger partial charge in [0.25, 0.3) is 1.43 Å². The summed E-state index contributed by atoms with van der Waals surface area (Å²) in [4.78, 5) is 26.9. The fourth-order valence-electron chi connectivity index (χ4n) is 1.26. The first kappa shape index (κ1) is 3.56. The molecule has 1 aliphatic carbocycles. The third kappa shape index (κ3) is 5.08. The zero-order valence-corrected chi connectivity index (χ0v) is 11.2. The van der Waals surface area contributed by atoms with Gasteiger partial charge in [-0.3, -0.25) is 4.79 Å². The van der Waals surface area contributed by atoms with Crippen LogP contribution in [0.25, 0.3) is 1.43 Å². The van der Waals surface area contributed by atoms with Crippen molar-refractivity contribution in [2.45, 2.75) is 51.6 Å². The zero-order valence-electron chi connectivity index (χ0n) is 38.2. The predicted octanol–water partition coefficient (Wildman–Crippen LogP) is 3.26. The average Bonchev–Trinajstić information content (AvgIpc) is 2.97. The molecule has 2 rings (SSSR count). The molecular formula is C19H27NO3. The molecule has 0 spiro atoms. The number of carbonyl (C=O) groups is 2. The van der Waals surface area contributed by atoms with Gasteiger partial charge in [0.05, 0.1) is 8.22 Å². The van der Waals surface area contributed by atoms with E-state index < -0.39 is 122 Å². The van der Waals surface area contributed by atoms with Crippen LogP contribution in [0.4, 0.5) is 0 Å². The molecule has 1 amide bonds. The van der Waals surface area contributed by atoms with E-state index in [1.54, 1.807) is 0 Å². The van der Waals surface area contributed by atoms with Crippen LogP contribution in [0, 0.1) is 17.7 Å². The maximum absolute atomic E-state index is 14.0. The largest absolute Gasteiger partial charge is 0.480 e. The Bertz CT molecular complexity index is 1510. The Morgan fingerprint density at radius 3 is 2.83 bits per heavy atom. The molecule has 23 heavy (non-hydrogen) atoms. The Balaban J connectivity index is 3.17. The van der Waals surface area contributed by atoms with Gasteiger partial charge in [0.15, 0.2) is 1.41 Å². The lowest BCUT2D eigenvalue weighted by Gasteiger charge is -2.30. The van der Waals surface area contributed by atoms with Gasteiger partial charge in [-0.15, -0.1) is 0 Å². The molecule has 1 aromatic rings. The summed E-state index contributed by atoms with van der Waals surface area (Å²) < 4.78 is 220. The number of rotatable bonds is 6. The average molecular weight is 345 g/mol. The number of amides is 1. The van der Waals surface area contributed by atoms with Gasteiger partial charge in [-0.2, -0.15) is 0 Å². The van der Waals surface area contributed by atoms with E-state index in [4.69, 9.17) is 37.1 Å². The molecule has 0 bridgehead atoms. The predicted molar refractivity (Wildman–Crippen MR) is 90.0 cm³/mol. The lowest BCUT2D eigenvalue weighted by atomic mass is 9.76. The van der Waals surface area contributed by atoms with E-state index in [1.165, 1.54) is 0 Å². The summed E-state index contributed by atoms with van der Waals surface area (Å²) in [6, 6.07) is -11.5. The van der Waals surface area contributed by atoms with E-state index in [-0.39, 0.29) is 0 Å². The molecule has 2 N–H and O–H groups in total. The minimum atomic E-state index is -5.03. The summed E-state index contributed by atoms with van der Waals surface area (Å²) in [5, 5.41) is 2.11. The minimum Gasteiger partial charge on any atom is -0.480 e. The summed E-state index contributed by atoms with van der Waals surface area (Å²) in [5.74, 6) is -20.6. The molecule has 1 saturated carbocycles. The molecule has 1 fully saturated rings. The number of carboxylic acids is 1. The molecule has 0 heterocycles. The Labute approximate surface area is 176 Å². The Morgan fingerprint density at radius 2 is 2.22 bits per heavy atom. The Hall–Kier alpha value is -1.84. The van der Waals surface area contributed by atoms with Gasteiger partial charge < -0.3 is 10.4 Å². The maximum Gasteiger partial charge on any atom is 0.326 e. The first-order chi connectivity index (χ1) is 21.7. The molecule has 4 heteroatoms. The highest BCUT2D eigenvalue weighted by Gasteiger charge is 2.30. The second-order valence-electron chi connectivity index (χ2n) is 3.80. The van der Waals surface area contributed by atoms with Crippen LogP contribution in [0.3, 0.4) is 0 Å². The number of nitrogens with one attached hydrogen (secondary N) is 1. The standard InChI is InChI=1S/C19H27NO3/c1-13(2)15-8-10-16(11-9-15)18(21)20-17(19(22)23)12-14-6-4-3-5-7-14/h3-7,13,15-17H,8-12H2,1-2H3,(H,20,21)(H,22,23)/t15?,16?,17-/m0/s1/i1D3,2D3,3D,4D,5D,6D,7D,8D2,9D2,10D2,11D2,12D2,13D,15D,16D,17D/hD2. The molecule has 0 aromatic heterocycles. The van der Waals surface area contributed by atoms with E-state index in [9.17, 15) is 9.59 Å². The van der Waals surface area contributed by atoms with Gasteiger partial charge in [0.2, 0.25) is 5.91 Å². The summed E-state index contributed by atoms with van der Waals surface area (Å²) in [6.07, 6.45) is -24.3. The minimum absolute atomic E-state index is 1.16. The second-order valence-corrected chi connectivity index (χ2v) is 3.80. The number of aliphatic carboxylic acids is 1. The highest BCUT2D eigenvalue weighted by molar-refractivity contribution is 5.85. The van der Waals surface area contributed by atoms with E-state index in [2.05, 4.69) is 5.11 Å². The van der Waals surface area contributed by atoms with Crippen LogP contribution < -0.4 is 5.31 Å². The number of hydrogen-bond donors (Lipinski definition) is 2. The summed E-state index contributed by atoms with van der Waals surface area (Å²) in [6.45, 7) is -8.96. The van der Waals surface area contributed by atoms with Gasteiger partial charge in [-0.1, -0.05) is 43.9 Å². The van der Waals surface area contributed by atoms with Crippen molar-refractivity contribution in [3.05, 3.63) is 35.8 Å². The van der Waals surface area contributed by atoms with Crippen molar-refractivity contribution >= 4 is 11.9 Å². The van der Waals surface area contributed by atoms with Gasteiger partial charge in [0.1, 0.15) is 6.02 Å². The van der Waals surface area contributed by atoms with Crippen molar-refractivity contribution in [2.24, 2.45) is 17.7 Å². The monoisotopic (exact) mass is 344 g/mol. The summed E-state index contributed by atoms with van der Waals surface area (Å²) in [5.41, 5.74) is -1.69. The summed E-state index contributed by atoms with van der Waals surface area (Å²) >= 11 is 0. The van der Waals surface area contributed by atoms with Gasteiger partial charge >= 0.3 is 5.97 Å². The highest BCUT2D eigenvalue weighted by atomic mass is 16.4. The molecule has 0 radical (unpaired) electrons. The molecular weight excluding hydrogens is 290 g/mol. The molecule has 126 valence electrons. The van der Waals surface area contributed by atoms with Crippen molar-refractivity contribution in [1.29, 1.82) is 1.43 Å². The number of carbonyl (C=O) groups excluding carboxylic acids is 1. The SMILES string of the molecule is [2H]OC(=O)[C@@]([2H])(N([2H])C(=O)C1([2H])C([2H])([2H])C([2H])([2H])C([2H])(C([2H])(C([2H])([2H])[2H])C([2H])([2H])[2H])C([2H])([2H])C1([2H])[2H])C([2H])([2H])c1c([2H])c([2H])c([2H])c([2H])c1[2H]. The van der Waals surface area contributed by atoms with E-state index in [0.29, 0.717) is 0 Å². The highest BCUT2D eigenvalue weighted by Crippen LogP contribution is 2.33. The van der Waals surface area contributed by atoms with E-state index >= 15 is 0 Å². The normalized spacial score (nSPS) is 58.2. The topological polar surface area (TPSA) is 66.4 Å². The lowest BCUT2D eigenvalue weighted by Crippen LogP contribution is -2.45. The Morgan fingerprint density at radius 1 is 1.52 bits per heavy atom. The van der Waals surface area contributed by atoms with E-state index in [1.807, 2.05) is 0 Å². The second kappa shape index (κ2) is 8.14. The van der Waals surface area contributed by atoms with Crippen molar-refractivity contribution in [1.82, 2.24) is 5.31 Å². The van der Waals surface area contributed by atoms with Crippen molar-refractivity contribution in [2.75, 3.05) is 0 Å². The Kier molecular flexibility index (Phi) is 1.26. The fourth-order valence-corrected chi connectivity index (χ4v) is 1.26. The van der Waals surface area contributed by atoms with Gasteiger partial charge in [-0.05, 0) is 42.8 Å². The fraction of sp³-hybridized carbons (Fsp3) is 0.579. The van der Waals surface area contributed by atoms with Crippen LogP contribution >= 0.6 is 0 Å². The van der Waals surface area contributed by atoms with Crippen molar-refractivity contribution in [3.63, 3.8) is 0 Å². The lowest BCUT2D eigenvalue weighted by molar-refractivity contribution is -0.142. The maximum atomic E-state index is 14.0. The molecule has 0 saturated heterocycles. The number of hydrogen-bond acceptors (Lipinski definition) is 3. The first-order valence-electron chi connectivity index (χ1n) is 19.2. The van der Waals surface area contributed by atoms with Crippen LogP contribution in [-0.4, -0.2) is 23.0 Å². The summed E-state index contributed by atoms with van der Waals surface area (Å²) in [7, 11) is 0. The van der Waals surface area contributed by atoms with E-state index in [0.717, 1.165) is 0 Å². The van der Waals surface area contributed by atoms with Crippen LogP contribution in [0.2, 0.25) is 1.41 Å². The number of benzene rings is 1. The first-order valence-corrected chi connectivity index (χ1v) is 5.81. The molecule has 0 aliphatic heterocycles. The molecule has 0 unspecified atom stereocenters. The number of carboxylic acid groups (broad SMARTS) is 1. The van der Waals surface area contributed by atoms with Crippen molar-refractivity contribution < 1.29 is 50.4 Å². The molecule has 1 aromatic carbocycles. The van der Waals surface area contributed by atoms with Crippen LogP contribution in [-0.2, 0) is 16.0 Å². The van der Waals surface area contributed by atoms with Crippen LogP contribution in [0.1, 0.15) is 79.0 Å². The van der Waals surface area contributed by atoms with Gasteiger partial charge in [-0.25, -0.2) is 4.79 Å². The molecule has 1 aliphatic rings. The third-order valence-electron chi connectivity index (χ3n) is 2.24. The van der Waals surface area contributed by atoms with Crippen LogP contribution in [0.5, 0.6) is 0 Å². The molecule has 4 nitrogen and oxygen atoms in total. The van der Waals surface area contributed by atoms with Crippen molar-refractivity contribution in [3.8, 4) is 0 Å².